The van der Waals surface area contributed by atoms with E-state index in [1.54, 1.807) is 38.1 Å². The van der Waals surface area contributed by atoms with Crippen LogP contribution in [-0.4, -0.2) is 11.0 Å². The Morgan fingerprint density at radius 3 is 2.45 bits per heavy atom. The molecule has 2 rings (SSSR count). The minimum absolute atomic E-state index is 0.0549. The van der Waals surface area contributed by atoms with Crippen LogP contribution in [0.3, 0.4) is 0 Å². The van der Waals surface area contributed by atoms with Gasteiger partial charge in [-0.15, -0.1) is 0 Å². The number of anilines is 1. The van der Waals surface area contributed by atoms with Crippen molar-refractivity contribution in [2.75, 3.05) is 5.32 Å². The molecule has 1 amide bonds. The van der Waals surface area contributed by atoms with Gasteiger partial charge in [0.05, 0.1) is 5.56 Å². The van der Waals surface area contributed by atoms with Crippen molar-refractivity contribution in [3.63, 3.8) is 0 Å². The average molecular weight is 273 g/mol. The molecule has 0 saturated heterocycles. The van der Waals surface area contributed by atoms with Crippen molar-refractivity contribution in [1.29, 1.82) is 0 Å². The van der Waals surface area contributed by atoms with E-state index in [4.69, 9.17) is 0 Å². The second-order valence-electron chi connectivity index (χ2n) is 4.90. The molecule has 2 aromatic rings. The lowest BCUT2D eigenvalue weighted by atomic mass is 10.0. The van der Waals surface area contributed by atoms with Gasteiger partial charge < -0.3 is 10.4 Å². The molecule has 2 N–H and O–H groups in total. The molecule has 104 valence electrons. The quantitative estimate of drug-likeness (QED) is 0.876. The average Bonchev–Trinajstić information content (AvgIpc) is 2.38. The van der Waals surface area contributed by atoms with Crippen LogP contribution in [0.4, 0.5) is 10.1 Å². The Labute approximate surface area is 117 Å². The number of phenolic OH excluding ortho intramolecular Hbond substituents is 1. The highest BCUT2D eigenvalue weighted by molar-refractivity contribution is 6.06. The molecule has 2 aromatic carbocycles. The second kappa shape index (κ2) is 5.33. The molecule has 0 unspecified atom stereocenters. The lowest BCUT2D eigenvalue weighted by Gasteiger charge is -2.10. The van der Waals surface area contributed by atoms with Gasteiger partial charge in [-0.2, -0.15) is 0 Å². The van der Waals surface area contributed by atoms with Gasteiger partial charge in [0, 0.05) is 5.69 Å². The molecular weight excluding hydrogens is 257 g/mol. The summed E-state index contributed by atoms with van der Waals surface area (Å²) < 4.78 is 13.4. The van der Waals surface area contributed by atoms with Crippen LogP contribution >= 0.6 is 0 Å². The number of aromatic hydroxyl groups is 1. The summed E-state index contributed by atoms with van der Waals surface area (Å²) in [5.41, 5.74) is 2.56. The summed E-state index contributed by atoms with van der Waals surface area (Å²) in [6, 6.07) is 7.86. The van der Waals surface area contributed by atoms with E-state index in [-0.39, 0.29) is 17.1 Å². The van der Waals surface area contributed by atoms with E-state index < -0.39 is 5.91 Å². The molecule has 0 aromatic heterocycles. The third kappa shape index (κ3) is 2.79. The third-order valence-electron chi connectivity index (χ3n) is 3.12. The van der Waals surface area contributed by atoms with Crippen molar-refractivity contribution in [1.82, 2.24) is 0 Å². The molecule has 0 aliphatic heterocycles. The van der Waals surface area contributed by atoms with Gasteiger partial charge in [-0.05, 0) is 55.7 Å². The number of aryl methyl sites for hydroxylation is 3. The molecule has 0 aliphatic rings. The molecule has 4 heteroatoms. The molecule has 0 fully saturated rings. The number of benzene rings is 2. The van der Waals surface area contributed by atoms with E-state index in [1.165, 1.54) is 6.07 Å². The Morgan fingerprint density at radius 1 is 1.10 bits per heavy atom. The number of amides is 1. The fourth-order valence-corrected chi connectivity index (χ4v) is 2.00. The molecule has 0 bridgehead atoms. The minimum atomic E-state index is -0.461. The smallest absolute Gasteiger partial charge is 0.259 e. The van der Waals surface area contributed by atoms with Crippen LogP contribution in [0, 0.1) is 26.6 Å². The van der Waals surface area contributed by atoms with Crippen molar-refractivity contribution in [3.05, 3.63) is 58.4 Å². The van der Waals surface area contributed by atoms with Gasteiger partial charge in [-0.3, -0.25) is 4.79 Å². The van der Waals surface area contributed by atoms with Gasteiger partial charge in [0.2, 0.25) is 0 Å². The Kier molecular flexibility index (Phi) is 3.74. The molecule has 0 heterocycles. The predicted octanol–water partition coefficient (Wildman–Crippen LogP) is 3.71. The van der Waals surface area contributed by atoms with Gasteiger partial charge in [0.1, 0.15) is 11.6 Å². The van der Waals surface area contributed by atoms with Crippen LogP contribution in [0.15, 0.2) is 30.3 Å². The first-order chi connectivity index (χ1) is 9.38. The standard InChI is InChI=1S/C16H16FNO2/c1-9-6-11(3)15(19)13(7-9)16(20)18-12-5-4-10(2)14(17)8-12/h4-8,19H,1-3H3,(H,18,20). The molecule has 0 radical (unpaired) electrons. The van der Waals surface area contributed by atoms with E-state index in [2.05, 4.69) is 5.32 Å². The summed E-state index contributed by atoms with van der Waals surface area (Å²) in [6.45, 7) is 5.22. The van der Waals surface area contributed by atoms with Gasteiger partial charge in [-0.1, -0.05) is 12.1 Å². The molecule has 0 atom stereocenters. The number of carbonyl (C=O) groups is 1. The maximum Gasteiger partial charge on any atom is 0.259 e. The normalized spacial score (nSPS) is 10.4. The number of rotatable bonds is 2. The van der Waals surface area contributed by atoms with E-state index in [0.29, 0.717) is 16.8 Å². The van der Waals surface area contributed by atoms with E-state index in [1.807, 2.05) is 6.92 Å². The van der Waals surface area contributed by atoms with E-state index in [0.717, 1.165) is 5.56 Å². The van der Waals surface area contributed by atoms with Crippen molar-refractivity contribution in [3.8, 4) is 5.75 Å². The lowest BCUT2D eigenvalue weighted by molar-refractivity contribution is 0.102. The number of hydrogen-bond acceptors (Lipinski definition) is 2. The highest BCUT2D eigenvalue weighted by Gasteiger charge is 2.14. The van der Waals surface area contributed by atoms with Gasteiger partial charge in [0.15, 0.2) is 0 Å². The SMILES string of the molecule is Cc1cc(C)c(O)c(C(=O)Nc2ccc(C)c(F)c2)c1. The highest BCUT2D eigenvalue weighted by atomic mass is 19.1. The second-order valence-corrected chi connectivity index (χ2v) is 4.90. The molecule has 20 heavy (non-hydrogen) atoms. The molecule has 0 aliphatic carbocycles. The summed E-state index contributed by atoms with van der Waals surface area (Å²) in [7, 11) is 0. The maximum absolute atomic E-state index is 13.4. The van der Waals surface area contributed by atoms with Crippen LogP contribution in [0.25, 0.3) is 0 Å². The monoisotopic (exact) mass is 273 g/mol. The number of nitrogens with one attached hydrogen (secondary N) is 1. The van der Waals surface area contributed by atoms with Crippen LogP contribution in [0.2, 0.25) is 0 Å². The first-order valence-corrected chi connectivity index (χ1v) is 6.26. The number of phenols is 1. The first-order valence-electron chi connectivity index (χ1n) is 6.26. The lowest BCUT2D eigenvalue weighted by Crippen LogP contribution is -2.13. The number of halogens is 1. The van der Waals surface area contributed by atoms with Crippen LogP contribution in [-0.2, 0) is 0 Å². The molecule has 0 spiro atoms. The van der Waals surface area contributed by atoms with Crippen LogP contribution < -0.4 is 5.32 Å². The van der Waals surface area contributed by atoms with Crippen molar-refractivity contribution in [2.45, 2.75) is 20.8 Å². The summed E-state index contributed by atoms with van der Waals surface area (Å²) >= 11 is 0. The van der Waals surface area contributed by atoms with Crippen molar-refractivity contribution >= 4 is 11.6 Å². The van der Waals surface area contributed by atoms with Crippen molar-refractivity contribution < 1.29 is 14.3 Å². The van der Waals surface area contributed by atoms with Gasteiger partial charge >= 0.3 is 0 Å². The Bertz CT molecular complexity index is 680. The summed E-state index contributed by atoms with van der Waals surface area (Å²) in [5, 5.41) is 12.5. The number of carbonyl (C=O) groups excluding carboxylic acids is 1. The highest BCUT2D eigenvalue weighted by Crippen LogP contribution is 2.25. The third-order valence-corrected chi connectivity index (χ3v) is 3.12. The predicted molar refractivity (Wildman–Crippen MR) is 76.7 cm³/mol. The summed E-state index contributed by atoms with van der Waals surface area (Å²) in [4.78, 5) is 12.1. The van der Waals surface area contributed by atoms with Gasteiger partial charge in [0.25, 0.3) is 5.91 Å². The Morgan fingerprint density at radius 2 is 1.80 bits per heavy atom. The van der Waals surface area contributed by atoms with E-state index >= 15 is 0 Å². The van der Waals surface area contributed by atoms with E-state index in [9.17, 15) is 14.3 Å². The molecular formula is C16H16FNO2. The Hall–Kier alpha value is -2.36. The zero-order chi connectivity index (χ0) is 14.9. The largest absolute Gasteiger partial charge is 0.507 e. The van der Waals surface area contributed by atoms with Crippen molar-refractivity contribution in [2.24, 2.45) is 0 Å². The fraction of sp³-hybridized carbons (Fsp3) is 0.188. The number of hydrogen-bond donors (Lipinski definition) is 2. The molecule has 0 saturated carbocycles. The van der Waals surface area contributed by atoms with Crippen LogP contribution in [0.5, 0.6) is 5.75 Å². The zero-order valence-electron chi connectivity index (χ0n) is 11.6. The Balaban J connectivity index is 2.30. The van der Waals surface area contributed by atoms with Gasteiger partial charge in [-0.25, -0.2) is 4.39 Å². The minimum Gasteiger partial charge on any atom is -0.507 e. The fourth-order valence-electron chi connectivity index (χ4n) is 2.00. The zero-order valence-corrected chi connectivity index (χ0v) is 11.6. The topological polar surface area (TPSA) is 49.3 Å². The van der Waals surface area contributed by atoms with Crippen LogP contribution in [0.1, 0.15) is 27.0 Å². The molecule has 3 nitrogen and oxygen atoms in total. The summed E-state index contributed by atoms with van der Waals surface area (Å²) in [5.74, 6) is -0.898. The summed E-state index contributed by atoms with van der Waals surface area (Å²) in [6.07, 6.45) is 0. The maximum atomic E-state index is 13.4. The first kappa shape index (κ1) is 14.1.